The third-order valence-electron chi connectivity index (χ3n) is 5.59. The van der Waals surface area contributed by atoms with Gasteiger partial charge >= 0.3 is 5.97 Å². The van der Waals surface area contributed by atoms with E-state index in [0.29, 0.717) is 21.8 Å². The highest BCUT2D eigenvalue weighted by molar-refractivity contribution is 7.80. The minimum absolute atomic E-state index is 0.0257. The summed E-state index contributed by atoms with van der Waals surface area (Å²) in [5.41, 5.74) is 0.332. The smallest absolute Gasteiger partial charge is 0.341 e. The molecule has 0 saturated heterocycles. The maximum absolute atomic E-state index is 14.2. The summed E-state index contributed by atoms with van der Waals surface area (Å²) in [4.78, 5) is 26.6. The Morgan fingerprint density at radius 1 is 1.00 bits per heavy atom. The molecule has 0 radical (unpaired) electrons. The van der Waals surface area contributed by atoms with Gasteiger partial charge in [-0.25, -0.2) is 26.7 Å². The first-order valence-corrected chi connectivity index (χ1v) is 12.0. The quantitative estimate of drug-likeness (QED) is 0.142. The Kier molecular flexibility index (Phi) is 8.41. The summed E-state index contributed by atoms with van der Waals surface area (Å²) >= 11 is 6.35. The molecule has 15 heteroatoms. The van der Waals surface area contributed by atoms with Crippen LogP contribution < -0.4 is 10.6 Å². The van der Waals surface area contributed by atoms with Gasteiger partial charge in [0.05, 0.1) is 46.7 Å². The highest BCUT2D eigenvalue weighted by Gasteiger charge is 2.28. The number of aryl methyl sites for hydroxylation is 1. The molecule has 1 amide bonds. The zero-order chi connectivity index (χ0) is 28.6. The van der Waals surface area contributed by atoms with Gasteiger partial charge in [-0.15, -0.1) is 11.3 Å². The number of hydrogen-bond acceptors (Lipinski definition) is 6. The average molecular weight is 576 g/mol. The normalized spacial score (nSPS) is 10.9. The second-order valence-electron chi connectivity index (χ2n) is 8.28. The molecule has 0 aliphatic heterocycles. The van der Waals surface area contributed by atoms with Crippen LogP contribution in [0.25, 0.3) is 0 Å². The lowest BCUT2D eigenvalue weighted by molar-refractivity contribution is 0.0601. The number of amides is 1. The van der Waals surface area contributed by atoms with Gasteiger partial charge in [-0.2, -0.15) is 5.10 Å². The molecule has 8 nitrogen and oxygen atoms in total. The van der Waals surface area contributed by atoms with Crippen molar-refractivity contribution in [3.8, 4) is 0 Å². The summed E-state index contributed by atoms with van der Waals surface area (Å²) in [6.45, 7) is 3.89. The maximum Gasteiger partial charge on any atom is 0.341 e. The number of benzene rings is 1. The van der Waals surface area contributed by atoms with Crippen molar-refractivity contribution in [2.24, 2.45) is 0 Å². The molecule has 1 aromatic carbocycles. The summed E-state index contributed by atoms with van der Waals surface area (Å²) in [5.74, 6) is -11.3. The van der Waals surface area contributed by atoms with Gasteiger partial charge in [-0.05, 0) is 38.6 Å². The molecule has 38 heavy (non-hydrogen) atoms. The Bertz CT molecular complexity index is 1440. The van der Waals surface area contributed by atoms with E-state index in [4.69, 9.17) is 17.0 Å². The van der Waals surface area contributed by atoms with Crippen molar-refractivity contribution >= 4 is 51.2 Å². The second-order valence-corrected chi connectivity index (χ2v) is 9.71. The van der Waals surface area contributed by atoms with Crippen molar-refractivity contribution in [3.05, 3.63) is 62.0 Å². The van der Waals surface area contributed by atoms with Gasteiger partial charge in [0.2, 0.25) is 5.82 Å². The third kappa shape index (κ3) is 5.20. The van der Waals surface area contributed by atoms with Crippen LogP contribution in [0.3, 0.4) is 0 Å². The number of ether oxygens (including phenoxy) is 1. The van der Waals surface area contributed by atoms with Gasteiger partial charge in [0.15, 0.2) is 28.4 Å². The lowest BCUT2D eigenvalue weighted by Gasteiger charge is -2.12. The molecule has 0 unspecified atom stereocenters. The van der Waals surface area contributed by atoms with E-state index in [9.17, 15) is 31.5 Å². The lowest BCUT2D eigenvalue weighted by Crippen LogP contribution is -2.21. The molecule has 0 spiro atoms. The summed E-state index contributed by atoms with van der Waals surface area (Å²) in [6.07, 6.45) is 0. The van der Waals surface area contributed by atoms with Crippen LogP contribution in [0.1, 0.15) is 42.5 Å². The van der Waals surface area contributed by atoms with Crippen LogP contribution in [-0.4, -0.2) is 52.9 Å². The van der Waals surface area contributed by atoms with Gasteiger partial charge < -0.3 is 20.3 Å². The molecule has 2 aromatic heterocycles. The topological polar surface area (TPSA) is 88.5 Å². The van der Waals surface area contributed by atoms with Crippen molar-refractivity contribution < 1.29 is 36.3 Å². The first-order valence-electron chi connectivity index (χ1n) is 10.8. The van der Waals surface area contributed by atoms with Crippen LogP contribution in [0.15, 0.2) is 0 Å². The molecular weight excluding hydrogens is 553 g/mol. The fraction of sp³-hybridized carbons (Fsp3) is 0.304. The summed E-state index contributed by atoms with van der Waals surface area (Å²) in [5, 5.41) is 10.0. The number of halogens is 5. The van der Waals surface area contributed by atoms with Crippen LogP contribution >= 0.6 is 23.6 Å². The first-order chi connectivity index (χ1) is 17.7. The van der Waals surface area contributed by atoms with Crippen molar-refractivity contribution in [2.45, 2.75) is 27.3 Å². The SMILES string of the molecule is COC(=O)c1c(NC(=S)Nc2c(C)nn(Cc3c(F)c(F)c(F)c(F)c3F)c2C)sc(C(=O)N(C)C)c1C. The largest absolute Gasteiger partial charge is 0.465 e. The van der Waals surface area contributed by atoms with E-state index in [0.717, 1.165) is 16.0 Å². The molecular formula is C23H22F5N5O3S2. The number of nitrogens with one attached hydrogen (secondary N) is 2. The van der Waals surface area contributed by atoms with Crippen LogP contribution in [-0.2, 0) is 11.3 Å². The van der Waals surface area contributed by atoms with Gasteiger partial charge in [-0.1, -0.05) is 0 Å². The molecule has 0 aliphatic carbocycles. The Hall–Kier alpha value is -3.59. The number of esters is 1. The first kappa shape index (κ1) is 29.0. The van der Waals surface area contributed by atoms with Crippen LogP contribution in [0, 0.1) is 49.9 Å². The standard InChI is InChI=1S/C23H22F5N5O3S2/c1-8-12(22(35)36-6)20(38-19(8)21(34)32(4)5)30-23(37)29-18-9(2)31-33(10(18)3)7-11-13(24)15(26)17(28)16(27)14(11)25/h7H2,1-6H3,(H2,29,30,37). The van der Waals surface area contributed by atoms with Gasteiger partial charge in [0, 0.05) is 14.1 Å². The minimum Gasteiger partial charge on any atom is -0.465 e. The number of rotatable bonds is 6. The minimum atomic E-state index is -2.25. The number of thiocarbonyl (C=S) groups is 1. The third-order valence-corrected chi connectivity index (χ3v) is 6.99. The fourth-order valence-electron chi connectivity index (χ4n) is 3.58. The van der Waals surface area contributed by atoms with E-state index < -0.39 is 47.2 Å². The molecule has 0 bridgehead atoms. The highest BCUT2D eigenvalue weighted by Crippen LogP contribution is 2.35. The average Bonchev–Trinajstić information content (AvgIpc) is 3.33. The molecule has 0 atom stereocenters. The number of hydrogen-bond donors (Lipinski definition) is 2. The number of aromatic nitrogens is 2. The predicted molar refractivity (Wildman–Crippen MR) is 135 cm³/mol. The number of carbonyl (C=O) groups is 2. The number of carbonyl (C=O) groups excluding carboxylic acids is 2. The maximum atomic E-state index is 14.2. The van der Waals surface area contributed by atoms with Crippen LogP contribution in [0.2, 0.25) is 0 Å². The Morgan fingerprint density at radius 2 is 1.55 bits per heavy atom. The molecule has 204 valence electrons. The van der Waals surface area contributed by atoms with Gasteiger partial charge in [0.1, 0.15) is 5.00 Å². The number of thiophene rings is 1. The summed E-state index contributed by atoms with van der Waals surface area (Å²) < 4.78 is 74.9. The Morgan fingerprint density at radius 3 is 2.08 bits per heavy atom. The Labute approximate surface area is 223 Å². The molecule has 2 heterocycles. The van der Waals surface area contributed by atoms with Gasteiger partial charge in [-0.3, -0.25) is 9.48 Å². The zero-order valence-electron chi connectivity index (χ0n) is 21.0. The van der Waals surface area contributed by atoms with E-state index >= 15 is 0 Å². The second kappa shape index (κ2) is 11.0. The van der Waals surface area contributed by atoms with E-state index in [1.165, 1.54) is 25.9 Å². The Balaban J connectivity index is 1.91. The summed E-state index contributed by atoms with van der Waals surface area (Å²) in [6, 6.07) is 0. The lowest BCUT2D eigenvalue weighted by atomic mass is 10.1. The van der Waals surface area contributed by atoms with Crippen molar-refractivity contribution in [3.63, 3.8) is 0 Å². The predicted octanol–water partition coefficient (Wildman–Crippen LogP) is 4.91. The molecule has 0 fully saturated rings. The van der Waals surface area contributed by atoms with Crippen molar-refractivity contribution in [1.29, 1.82) is 0 Å². The van der Waals surface area contributed by atoms with Gasteiger partial charge in [0.25, 0.3) is 5.91 Å². The van der Waals surface area contributed by atoms with Crippen molar-refractivity contribution in [2.75, 3.05) is 31.8 Å². The van der Waals surface area contributed by atoms with Crippen LogP contribution in [0.5, 0.6) is 0 Å². The molecule has 3 rings (SSSR count). The zero-order valence-corrected chi connectivity index (χ0v) is 22.6. The van der Waals surface area contributed by atoms with E-state index in [2.05, 4.69) is 15.7 Å². The van der Waals surface area contributed by atoms with E-state index in [-0.39, 0.29) is 27.3 Å². The monoisotopic (exact) mass is 575 g/mol. The van der Waals surface area contributed by atoms with Crippen molar-refractivity contribution in [1.82, 2.24) is 14.7 Å². The summed E-state index contributed by atoms with van der Waals surface area (Å²) in [7, 11) is 4.32. The highest BCUT2D eigenvalue weighted by atomic mass is 32.1. The molecule has 2 N–H and O–H groups in total. The molecule has 0 aliphatic rings. The van der Waals surface area contributed by atoms with E-state index in [1.807, 2.05) is 0 Å². The van der Waals surface area contributed by atoms with Crippen LogP contribution in [0.4, 0.5) is 32.6 Å². The molecule has 3 aromatic rings. The number of nitrogens with zero attached hydrogens (tertiary/aromatic N) is 3. The number of anilines is 2. The fourth-order valence-corrected chi connectivity index (χ4v) is 5.06. The van der Waals surface area contributed by atoms with E-state index in [1.54, 1.807) is 21.0 Å². The number of methoxy groups -OCH3 is 1. The molecule has 0 saturated carbocycles.